The zero-order valence-electron chi connectivity index (χ0n) is 12.7. The molecular weight excluding hydrogens is 290 g/mol. The zero-order valence-corrected chi connectivity index (χ0v) is 12.7. The Kier molecular flexibility index (Phi) is 3.12. The van der Waals surface area contributed by atoms with E-state index < -0.39 is 0 Å². The summed E-state index contributed by atoms with van der Waals surface area (Å²) in [5.74, 6) is 0.828. The van der Waals surface area contributed by atoms with Crippen LogP contribution >= 0.6 is 0 Å². The van der Waals surface area contributed by atoms with Crippen molar-refractivity contribution in [3.05, 3.63) is 48.4 Å². The van der Waals surface area contributed by atoms with Crippen LogP contribution in [-0.2, 0) is 0 Å². The second kappa shape index (κ2) is 5.29. The molecule has 0 aliphatic carbocycles. The van der Waals surface area contributed by atoms with Gasteiger partial charge in [-0.3, -0.25) is 9.67 Å². The molecular formula is C17H15N5O. The highest BCUT2D eigenvalue weighted by Gasteiger charge is 2.30. The van der Waals surface area contributed by atoms with Crippen molar-refractivity contribution >= 4 is 16.6 Å². The minimum absolute atomic E-state index is 0.297. The second-order valence-electron chi connectivity index (χ2n) is 5.59. The van der Waals surface area contributed by atoms with Gasteiger partial charge in [-0.2, -0.15) is 10.4 Å². The zero-order chi connectivity index (χ0) is 15.8. The molecule has 114 valence electrons. The number of hydrogen-bond acceptors (Lipinski definition) is 5. The number of methoxy groups -OCH3 is 1. The number of hydrogen-bond donors (Lipinski definition) is 0. The molecule has 0 bridgehead atoms. The predicted molar refractivity (Wildman–Crippen MR) is 86.5 cm³/mol. The fourth-order valence-corrected chi connectivity index (χ4v) is 2.93. The predicted octanol–water partition coefficient (Wildman–Crippen LogP) is 2.37. The number of aromatic nitrogens is 3. The molecule has 3 heterocycles. The van der Waals surface area contributed by atoms with Crippen LogP contribution in [0.3, 0.4) is 0 Å². The molecule has 1 aliphatic heterocycles. The van der Waals surface area contributed by atoms with Gasteiger partial charge < -0.3 is 9.64 Å². The van der Waals surface area contributed by atoms with E-state index in [1.807, 2.05) is 35.1 Å². The molecule has 0 N–H and O–H groups in total. The third-order valence-corrected chi connectivity index (χ3v) is 4.23. The Labute approximate surface area is 133 Å². The average molecular weight is 305 g/mol. The Morgan fingerprint density at radius 2 is 2.17 bits per heavy atom. The topological polar surface area (TPSA) is 67.0 Å². The molecule has 0 unspecified atom stereocenters. The number of ether oxygens (including phenoxy) is 1. The molecule has 0 spiro atoms. The van der Waals surface area contributed by atoms with Gasteiger partial charge in [0.25, 0.3) is 0 Å². The van der Waals surface area contributed by atoms with Crippen LogP contribution in [0.15, 0.2) is 42.9 Å². The molecule has 23 heavy (non-hydrogen) atoms. The van der Waals surface area contributed by atoms with Crippen LogP contribution in [-0.4, -0.2) is 35.0 Å². The van der Waals surface area contributed by atoms with Crippen LogP contribution < -0.4 is 9.64 Å². The molecule has 6 nitrogen and oxygen atoms in total. The molecule has 6 heteroatoms. The summed E-state index contributed by atoms with van der Waals surface area (Å²) in [7, 11) is 1.67. The van der Waals surface area contributed by atoms with Crippen molar-refractivity contribution in [2.45, 2.75) is 6.04 Å². The van der Waals surface area contributed by atoms with Gasteiger partial charge in [0.05, 0.1) is 30.4 Å². The summed E-state index contributed by atoms with van der Waals surface area (Å²) >= 11 is 0. The maximum atomic E-state index is 8.89. The van der Waals surface area contributed by atoms with Crippen molar-refractivity contribution < 1.29 is 4.74 Å². The smallest absolute Gasteiger partial charge is 0.119 e. The van der Waals surface area contributed by atoms with Gasteiger partial charge in [0.15, 0.2) is 0 Å². The molecule has 1 fully saturated rings. The summed E-state index contributed by atoms with van der Waals surface area (Å²) in [5.41, 5.74) is 2.71. The molecule has 3 aromatic rings. The number of pyridine rings is 1. The summed E-state index contributed by atoms with van der Waals surface area (Å²) in [6, 6.07) is 10.4. The van der Waals surface area contributed by atoms with E-state index in [-0.39, 0.29) is 0 Å². The maximum absolute atomic E-state index is 8.89. The van der Waals surface area contributed by atoms with Crippen LogP contribution in [0.4, 0.5) is 5.69 Å². The second-order valence-corrected chi connectivity index (χ2v) is 5.59. The van der Waals surface area contributed by atoms with Crippen molar-refractivity contribution in [3.63, 3.8) is 0 Å². The highest BCUT2D eigenvalue weighted by Crippen LogP contribution is 2.34. The average Bonchev–Trinajstić information content (AvgIpc) is 3.02. The number of anilines is 1. The third-order valence-electron chi connectivity index (χ3n) is 4.23. The SMILES string of the molecule is COc1ccc2nccc(N3CC(n4cc(C#N)cn4)C3)c2c1. The first-order valence-corrected chi connectivity index (χ1v) is 7.40. The van der Waals surface area contributed by atoms with Crippen LogP contribution in [0.1, 0.15) is 11.6 Å². The molecule has 0 amide bonds. The van der Waals surface area contributed by atoms with Gasteiger partial charge >= 0.3 is 0 Å². The molecule has 0 radical (unpaired) electrons. The summed E-state index contributed by atoms with van der Waals surface area (Å²) in [6.07, 6.45) is 5.24. The largest absolute Gasteiger partial charge is 0.497 e. The fourth-order valence-electron chi connectivity index (χ4n) is 2.93. The summed E-state index contributed by atoms with van der Waals surface area (Å²) in [6.45, 7) is 1.73. The maximum Gasteiger partial charge on any atom is 0.119 e. The van der Waals surface area contributed by atoms with Gasteiger partial charge in [-0.15, -0.1) is 0 Å². The molecule has 0 saturated carbocycles. The van der Waals surface area contributed by atoms with Gasteiger partial charge in [-0.1, -0.05) is 0 Å². The van der Waals surface area contributed by atoms with Crippen molar-refractivity contribution in [1.82, 2.24) is 14.8 Å². The number of nitriles is 1. The van der Waals surface area contributed by atoms with Crippen LogP contribution in [0.25, 0.3) is 10.9 Å². The van der Waals surface area contributed by atoms with E-state index >= 15 is 0 Å². The third kappa shape index (κ3) is 2.27. The lowest BCUT2D eigenvalue weighted by molar-refractivity contribution is 0.368. The minimum atomic E-state index is 0.297. The van der Waals surface area contributed by atoms with Gasteiger partial charge in [0.2, 0.25) is 0 Å². The van der Waals surface area contributed by atoms with Crippen LogP contribution in [0, 0.1) is 11.3 Å². The lowest BCUT2D eigenvalue weighted by Crippen LogP contribution is -2.48. The Bertz CT molecular complexity index is 905. The van der Waals surface area contributed by atoms with E-state index in [9.17, 15) is 0 Å². The number of nitrogens with zero attached hydrogens (tertiary/aromatic N) is 5. The van der Waals surface area contributed by atoms with Crippen LogP contribution in [0.2, 0.25) is 0 Å². The number of benzene rings is 1. The fraction of sp³-hybridized carbons (Fsp3) is 0.235. The highest BCUT2D eigenvalue weighted by atomic mass is 16.5. The van der Waals surface area contributed by atoms with E-state index in [1.54, 1.807) is 19.5 Å². The summed E-state index contributed by atoms with van der Waals surface area (Å²) in [4.78, 5) is 6.71. The minimum Gasteiger partial charge on any atom is -0.497 e. The highest BCUT2D eigenvalue weighted by molar-refractivity contribution is 5.92. The van der Waals surface area contributed by atoms with Gasteiger partial charge in [-0.05, 0) is 24.3 Å². The van der Waals surface area contributed by atoms with E-state index in [0.29, 0.717) is 11.6 Å². The molecule has 2 aromatic heterocycles. The monoisotopic (exact) mass is 305 g/mol. The van der Waals surface area contributed by atoms with Crippen molar-refractivity contribution in [3.8, 4) is 11.8 Å². The Morgan fingerprint density at radius 3 is 2.91 bits per heavy atom. The van der Waals surface area contributed by atoms with E-state index in [2.05, 4.69) is 21.1 Å². The normalized spacial score (nSPS) is 14.5. The lowest BCUT2D eigenvalue weighted by Gasteiger charge is -2.41. The Balaban J connectivity index is 1.60. The van der Waals surface area contributed by atoms with Gasteiger partial charge in [0.1, 0.15) is 11.8 Å². The number of rotatable bonds is 3. The van der Waals surface area contributed by atoms with Crippen molar-refractivity contribution in [2.24, 2.45) is 0 Å². The quantitative estimate of drug-likeness (QED) is 0.743. The van der Waals surface area contributed by atoms with Crippen molar-refractivity contribution in [1.29, 1.82) is 5.26 Å². The molecule has 0 atom stereocenters. The molecule has 4 rings (SSSR count). The molecule has 1 saturated heterocycles. The molecule has 1 aromatic carbocycles. The first kappa shape index (κ1) is 13.6. The van der Waals surface area contributed by atoms with E-state index in [0.717, 1.165) is 35.4 Å². The lowest BCUT2D eigenvalue weighted by atomic mass is 10.1. The number of fused-ring (bicyclic) bond motifs is 1. The standard InChI is InChI=1S/C17H15N5O/c1-23-14-2-3-16-15(6-14)17(4-5-19-16)21-10-13(11-21)22-9-12(7-18)8-20-22/h2-6,8-9,13H,10-11H2,1H3. The summed E-state index contributed by atoms with van der Waals surface area (Å²) < 4.78 is 7.20. The Hall–Kier alpha value is -3.07. The summed E-state index contributed by atoms with van der Waals surface area (Å²) in [5, 5.41) is 14.2. The first-order valence-electron chi connectivity index (χ1n) is 7.40. The van der Waals surface area contributed by atoms with Gasteiger partial charge in [-0.25, -0.2) is 0 Å². The van der Waals surface area contributed by atoms with Gasteiger partial charge in [0, 0.05) is 36.6 Å². The van der Waals surface area contributed by atoms with Crippen molar-refractivity contribution in [2.75, 3.05) is 25.1 Å². The van der Waals surface area contributed by atoms with E-state index in [4.69, 9.17) is 10.00 Å². The first-order chi connectivity index (χ1) is 11.3. The van der Waals surface area contributed by atoms with E-state index in [1.165, 1.54) is 0 Å². The Morgan fingerprint density at radius 1 is 1.30 bits per heavy atom. The molecule has 1 aliphatic rings. The van der Waals surface area contributed by atoms with Crippen LogP contribution in [0.5, 0.6) is 5.75 Å².